The molecule has 8 heteroatoms. The Labute approximate surface area is 141 Å². The highest BCUT2D eigenvalue weighted by Crippen LogP contribution is 2.26. The van der Waals surface area contributed by atoms with Crippen LogP contribution in [-0.4, -0.2) is 48.3 Å². The standard InChI is InChI=1S/C16H22N2O5S/c1-11(16(20)21)12(2)17-15(19)14-9-6-10-18(14)24(22,23)13-7-4-3-5-8-13/h3-5,7-8,11-12,14H,6,9-10H2,1-2H3,(H,17,19)(H,20,21). The zero-order valence-corrected chi connectivity index (χ0v) is 14.5. The van der Waals surface area contributed by atoms with Crippen molar-refractivity contribution in [1.82, 2.24) is 9.62 Å². The van der Waals surface area contributed by atoms with Crippen LogP contribution in [0.3, 0.4) is 0 Å². The Morgan fingerprint density at radius 1 is 1.25 bits per heavy atom. The largest absolute Gasteiger partial charge is 0.481 e. The molecule has 0 bridgehead atoms. The molecule has 0 radical (unpaired) electrons. The van der Waals surface area contributed by atoms with E-state index in [0.717, 1.165) is 0 Å². The van der Waals surface area contributed by atoms with E-state index < -0.39 is 39.9 Å². The first-order valence-electron chi connectivity index (χ1n) is 7.85. The van der Waals surface area contributed by atoms with E-state index in [1.54, 1.807) is 25.1 Å². The molecule has 1 heterocycles. The number of nitrogens with one attached hydrogen (secondary N) is 1. The summed E-state index contributed by atoms with van der Waals surface area (Å²) in [7, 11) is -3.75. The number of hydrogen-bond acceptors (Lipinski definition) is 4. The van der Waals surface area contributed by atoms with Gasteiger partial charge in [-0.05, 0) is 38.8 Å². The monoisotopic (exact) mass is 354 g/mol. The van der Waals surface area contributed by atoms with Gasteiger partial charge in [-0.2, -0.15) is 4.31 Å². The van der Waals surface area contributed by atoms with Gasteiger partial charge in [0.05, 0.1) is 10.8 Å². The van der Waals surface area contributed by atoms with Gasteiger partial charge in [0.1, 0.15) is 6.04 Å². The Morgan fingerprint density at radius 3 is 2.46 bits per heavy atom. The number of hydrogen-bond donors (Lipinski definition) is 2. The number of sulfonamides is 1. The zero-order valence-electron chi connectivity index (χ0n) is 13.7. The molecule has 24 heavy (non-hydrogen) atoms. The average molecular weight is 354 g/mol. The molecule has 7 nitrogen and oxygen atoms in total. The third-order valence-electron chi connectivity index (χ3n) is 4.37. The Kier molecular flexibility index (Phi) is 5.61. The van der Waals surface area contributed by atoms with E-state index >= 15 is 0 Å². The molecule has 2 N–H and O–H groups in total. The van der Waals surface area contributed by atoms with E-state index in [9.17, 15) is 18.0 Å². The number of benzene rings is 1. The van der Waals surface area contributed by atoms with Gasteiger partial charge in [0.15, 0.2) is 0 Å². The molecule has 2 rings (SSSR count). The second-order valence-corrected chi connectivity index (χ2v) is 7.90. The topological polar surface area (TPSA) is 104 Å². The summed E-state index contributed by atoms with van der Waals surface area (Å²) in [5.74, 6) is -2.22. The minimum absolute atomic E-state index is 0.150. The summed E-state index contributed by atoms with van der Waals surface area (Å²) in [4.78, 5) is 23.6. The van der Waals surface area contributed by atoms with Crippen LogP contribution in [0.1, 0.15) is 26.7 Å². The van der Waals surface area contributed by atoms with Crippen LogP contribution in [0.15, 0.2) is 35.2 Å². The molecular weight excluding hydrogens is 332 g/mol. The molecule has 3 unspecified atom stereocenters. The number of amides is 1. The fourth-order valence-electron chi connectivity index (χ4n) is 2.68. The highest BCUT2D eigenvalue weighted by atomic mass is 32.2. The molecule has 132 valence electrons. The molecule has 3 atom stereocenters. The number of carboxylic acids is 1. The summed E-state index contributed by atoms with van der Waals surface area (Å²) in [6.07, 6.45) is 1.01. The normalized spacial score (nSPS) is 21.2. The number of nitrogens with zero attached hydrogens (tertiary/aromatic N) is 1. The van der Waals surface area contributed by atoms with Gasteiger partial charge in [-0.15, -0.1) is 0 Å². The Bertz CT molecular complexity index is 704. The van der Waals surface area contributed by atoms with E-state index in [1.165, 1.54) is 23.4 Å². The third-order valence-corrected chi connectivity index (χ3v) is 6.29. The van der Waals surface area contributed by atoms with E-state index in [-0.39, 0.29) is 11.4 Å². The summed E-state index contributed by atoms with van der Waals surface area (Å²) in [6.45, 7) is 3.38. The highest BCUT2D eigenvalue weighted by Gasteiger charge is 2.40. The summed E-state index contributed by atoms with van der Waals surface area (Å²) < 4.78 is 26.7. The van der Waals surface area contributed by atoms with E-state index in [4.69, 9.17) is 5.11 Å². The van der Waals surface area contributed by atoms with E-state index in [0.29, 0.717) is 12.8 Å². The van der Waals surface area contributed by atoms with Crippen LogP contribution in [0.25, 0.3) is 0 Å². The second-order valence-electron chi connectivity index (χ2n) is 6.01. The van der Waals surface area contributed by atoms with Crippen molar-refractivity contribution in [2.24, 2.45) is 5.92 Å². The van der Waals surface area contributed by atoms with Crippen molar-refractivity contribution in [1.29, 1.82) is 0 Å². The Morgan fingerprint density at radius 2 is 1.88 bits per heavy atom. The van der Waals surface area contributed by atoms with Crippen molar-refractivity contribution in [3.8, 4) is 0 Å². The van der Waals surface area contributed by atoms with Crippen LogP contribution < -0.4 is 5.32 Å². The van der Waals surface area contributed by atoms with Gasteiger partial charge in [-0.25, -0.2) is 8.42 Å². The number of carbonyl (C=O) groups is 2. The SMILES string of the molecule is CC(NC(=O)C1CCCN1S(=O)(=O)c1ccccc1)C(C)C(=O)O. The lowest BCUT2D eigenvalue weighted by atomic mass is 10.0. The predicted molar refractivity (Wildman–Crippen MR) is 87.8 cm³/mol. The fourth-order valence-corrected chi connectivity index (χ4v) is 4.35. The minimum atomic E-state index is -3.75. The molecule has 0 aromatic heterocycles. The molecular formula is C16H22N2O5S. The first-order valence-corrected chi connectivity index (χ1v) is 9.29. The van der Waals surface area contributed by atoms with Crippen molar-refractivity contribution in [2.45, 2.75) is 43.7 Å². The van der Waals surface area contributed by atoms with Gasteiger partial charge in [-0.1, -0.05) is 18.2 Å². The van der Waals surface area contributed by atoms with Crippen molar-refractivity contribution < 1.29 is 23.1 Å². The third kappa shape index (κ3) is 3.76. The molecule has 1 aromatic rings. The molecule has 1 fully saturated rings. The molecule has 0 saturated carbocycles. The van der Waals surface area contributed by atoms with Crippen molar-refractivity contribution in [3.63, 3.8) is 0 Å². The number of carbonyl (C=O) groups excluding carboxylic acids is 1. The molecule has 1 aliphatic heterocycles. The smallest absolute Gasteiger partial charge is 0.308 e. The molecule has 1 aromatic carbocycles. The first-order chi connectivity index (χ1) is 11.2. The summed E-state index contributed by atoms with van der Waals surface area (Å²) >= 11 is 0. The van der Waals surface area contributed by atoms with Gasteiger partial charge < -0.3 is 10.4 Å². The maximum atomic E-state index is 12.7. The molecule has 0 aliphatic carbocycles. The highest BCUT2D eigenvalue weighted by molar-refractivity contribution is 7.89. The number of rotatable bonds is 6. The van der Waals surface area contributed by atoms with Crippen molar-refractivity contribution in [2.75, 3.05) is 6.54 Å². The molecule has 1 aliphatic rings. The van der Waals surface area contributed by atoms with Crippen LogP contribution in [0.4, 0.5) is 0 Å². The zero-order chi connectivity index (χ0) is 17.9. The van der Waals surface area contributed by atoms with E-state index in [2.05, 4.69) is 5.32 Å². The van der Waals surface area contributed by atoms with Crippen LogP contribution in [0.2, 0.25) is 0 Å². The fraction of sp³-hybridized carbons (Fsp3) is 0.500. The van der Waals surface area contributed by atoms with Gasteiger partial charge in [0.25, 0.3) is 0 Å². The maximum absolute atomic E-state index is 12.7. The number of aliphatic carboxylic acids is 1. The minimum Gasteiger partial charge on any atom is -0.481 e. The van der Waals surface area contributed by atoms with E-state index in [1.807, 2.05) is 0 Å². The molecule has 1 amide bonds. The predicted octanol–water partition coefficient (Wildman–Crippen LogP) is 1.07. The van der Waals surface area contributed by atoms with Gasteiger partial charge in [0, 0.05) is 12.6 Å². The Hall–Kier alpha value is -1.93. The second kappa shape index (κ2) is 7.31. The van der Waals surface area contributed by atoms with Crippen LogP contribution in [0.5, 0.6) is 0 Å². The molecule has 1 saturated heterocycles. The average Bonchev–Trinajstić information content (AvgIpc) is 3.05. The lowest BCUT2D eigenvalue weighted by Gasteiger charge is -2.26. The van der Waals surface area contributed by atoms with Crippen LogP contribution >= 0.6 is 0 Å². The summed E-state index contributed by atoms with van der Waals surface area (Å²) in [5, 5.41) is 11.6. The lowest BCUT2D eigenvalue weighted by Crippen LogP contribution is -2.50. The first kappa shape index (κ1) is 18.4. The number of carboxylic acid groups (broad SMARTS) is 1. The molecule has 0 spiro atoms. The maximum Gasteiger partial charge on any atom is 0.308 e. The van der Waals surface area contributed by atoms with Crippen molar-refractivity contribution in [3.05, 3.63) is 30.3 Å². The Balaban J connectivity index is 2.16. The summed E-state index contributed by atoms with van der Waals surface area (Å²) in [5.41, 5.74) is 0. The van der Waals surface area contributed by atoms with Crippen LogP contribution in [0, 0.1) is 5.92 Å². The van der Waals surface area contributed by atoms with Gasteiger partial charge in [-0.3, -0.25) is 9.59 Å². The lowest BCUT2D eigenvalue weighted by molar-refractivity contribution is -0.142. The van der Waals surface area contributed by atoms with Crippen molar-refractivity contribution >= 4 is 21.9 Å². The van der Waals surface area contributed by atoms with Crippen LogP contribution in [-0.2, 0) is 19.6 Å². The summed E-state index contributed by atoms with van der Waals surface area (Å²) in [6, 6.07) is 6.59. The quantitative estimate of drug-likeness (QED) is 0.795. The van der Waals surface area contributed by atoms with Gasteiger partial charge >= 0.3 is 5.97 Å². The van der Waals surface area contributed by atoms with Gasteiger partial charge in [0.2, 0.25) is 15.9 Å².